The third-order valence-electron chi connectivity index (χ3n) is 3.29. The number of hydrogen-bond donors (Lipinski definition) is 1. The van der Waals surface area contributed by atoms with Crippen LogP contribution in [0.1, 0.15) is 32.6 Å². The highest BCUT2D eigenvalue weighted by atomic mass is 16.5. The number of ether oxygens (including phenoxy) is 1. The molecule has 2 aromatic rings. The molecule has 2 aromatic carbocycles. The minimum absolute atomic E-state index is 0.0192. The molecule has 0 saturated heterocycles. The zero-order valence-corrected chi connectivity index (χ0v) is 12.3. The Bertz CT molecular complexity index is 631. The Morgan fingerprint density at radius 2 is 1.50 bits per heavy atom. The van der Waals surface area contributed by atoms with Gasteiger partial charge in [-0.2, -0.15) is 0 Å². The van der Waals surface area contributed by atoms with Gasteiger partial charge in [-0.05, 0) is 67.8 Å². The van der Waals surface area contributed by atoms with Crippen molar-refractivity contribution in [2.75, 3.05) is 12.8 Å². The first kappa shape index (κ1) is 14.1. The Morgan fingerprint density at radius 1 is 0.950 bits per heavy atom. The first-order valence-corrected chi connectivity index (χ1v) is 6.49. The minimum Gasteiger partial charge on any atom is -0.496 e. The summed E-state index contributed by atoms with van der Waals surface area (Å²) in [6, 6.07) is 9.12. The zero-order valence-electron chi connectivity index (χ0n) is 12.3. The van der Waals surface area contributed by atoms with E-state index in [4.69, 9.17) is 10.5 Å². The average Bonchev–Trinajstić information content (AvgIpc) is 2.36. The van der Waals surface area contributed by atoms with Crippen molar-refractivity contribution >= 4 is 11.5 Å². The molecule has 0 heterocycles. The SMILES string of the molecule is COc1c(C)cc(C(=O)c2cc(C)cc(N)c2)cc1C. The van der Waals surface area contributed by atoms with E-state index in [1.54, 1.807) is 13.2 Å². The Morgan fingerprint density at radius 3 is 2.00 bits per heavy atom. The van der Waals surface area contributed by atoms with E-state index >= 15 is 0 Å². The highest BCUT2D eigenvalue weighted by molar-refractivity contribution is 6.09. The number of nitrogen functional groups attached to an aromatic ring is 1. The van der Waals surface area contributed by atoms with Crippen LogP contribution < -0.4 is 10.5 Å². The zero-order chi connectivity index (χ0) is 14.9. The molecule has 0 aliphatic heterocycles. The number of rotatable bonds is 3. The molecular weight excluding hydrogens is 250 g/mol. The molecule has 0 aliphatic rings. The maximum absolute atomic E-state index is 12.6. The number of aryl methyl sites for hydroxylation is 3. The summed E-state index contributed by atoms with van der Waals surface area (Å²) in [4.78, 5) is 12.6. The fourth-order valence-corrected chi connectivity index (χ4v) is 2.51. The molecule has 2 rings (SSSR count). The Hall–Kier alpha value is -2.29. The van der Waals surface area contributed by atoms with Gasteiger partial charge in [0.15, 0.2) is 5.78 Å². The van der Waals surface area contributed by atoms with E-state index in [1.807, 2.05) is 45.0 Å². The van der Waals surface area contributed by atoms with E-state index in [1.165, 1.54) is 0 Å². The van der Waals surface area contributed by atoms with Gasteiger partial charge in [0.2, 0.25) is 0 Å². The quantitative estimate of drug-likeness (QED) is 0.686. The van der Waals surface area contributed by atoms with Crippen molar-refractivity contribution in [3.8, 4) is 5.75 Å². The third-order valence-corrected chi connectivity index (χ3v) is 3.29. The van der Waals surface area contributed by atoms with Crippen molar-refractivity contribution < 1.29 is 9.53 Å². The second kappa shape index (κ2) is 5.37. The van der Waals surface area contributed by atoms with Crippen molar-refractivity contribution in [2.24, 2.45) is 0 Å². The number of anilines is 1. The second-order valence-corrected chi connectivity index (χ2v) is 5.10. The first-order chi connectivity index (χ1) is 9.42. The summed E-state index contributed by atoms with van der Waals surface area (Å²) >= 11 is 0. The summed E-state index contributed by atoms with van der Waals surface area (Å²) in [5, 5.41) is 0. The van der Waals surface area contributed by atoms with E-state index < -0.39 is 0 Å². The first-order valence-electron chi connectivity index (χ1n) is 6.49. The largest absolute Gasteiger partial charge is 0.496 e. The molecule has 0 spiro atoms. The van der Waals surface area contributed by atoms with Crippen molar-refractivity contribution in [2.45, 2.75) is 20.8 Å². The predicted octanol–water partition coefficient (Wildman–Crippen LogP) is 3.43. The van der Waals surface area contributed by atoms with E-state index in [9.17, 15) is 4.79 Å². The molecule has 0 aliphatic carbocycles. The number of benzene rings is 2. The van der Waals surface area contributed by atoms with E-state index in [0.29, 0.717) is 16.8 Å². The molecule has 0 amide bonds. The number of hydrogen-bond acceptors (Lipinski definition) is 3. The fraction of sp³-hybridized carbons (Fsp3) is 0.235. The molecule has 3 nitrogen and oxygen atoms in total. The molecule has 0 radical (unpaired) electrons. The van der Waals surface area contributed by atoms with Gasteiger partial charge >= 0.3 is 0 Å². The van der Waals surface area contributed by atoms with Gasteiger partial charge in [-0.3, -0.25) is 4.79 Å². The van der Waals surface area contributed by atoms with Crippen molar-refractivity contribution in [3.05, 3.63) is 58.1 Å². The number of nitrogens with two attached hydrogens (primary N) is 1. The van der Waals surface area contributed by atoms with Crippen LogP contribution in [0.2, 0.25) is 0 Å². The second-order valence-electron chi connectivity index (χ2n) is 5.10. The Balaban J connectivity index is 2.48. The van der Waals surface area contributed by atoms with Gasteiger partial charge in [0, 0.05) is 16.8 Å². The standard InChI is InChI=1S/C17H19NO2/c1-10-5-13(9-15(18)6-10)16(19)14-7-11(2)17(20-4)12(3)8-14/h5-9H,18H2,1-4H3. The molecule has 0 saturated carbocycles. The lowest BCUT2D eigenvalue weighted by atomic mass is 9.97. The highest BCUT2D eigenvalue weighted by Crippen LogP contribution is 2.26. The summed E-state index contributed by atoms with van der Waals surface area (Å²) in [5.74, 6) is 0.805. The lowest BCUT2D eigenvalue weighted by Gasteiger charge is -2.11. The van der Waals surface area contributed by atoms with Gasteiger partial charge in [0.1, 0.15) is 5.75 Å². The highest BCUT2D eigenvalue weighted by Gasteiger charge is 2.13. The van der Waals surface area contributed by atoms with Gasteiger partial charge in [0.25, 0.3) is 0 Å². The van der Waals surface area contributed by atoms with Gasteiger partial charge in [-0.15, -0.1) is 0 Å². The molecule has 3 heteroatoms. The summed E-state index contributed by atoms with van der Waals surface area (Å²) in [6.45, 7) is 5.80. The maximum atomic E-state index is 12.6. The summed E-state index contributed by atoms with van der Waals surface area (Å²) < 4.78 is 5.32. The lowest BCUT2D eigenvalue weighted by molar-refractivity contribution is 0.103. The van der Waals surface area contributed by atoms with Crippen LogP contribution in [0.15, 0.2) is 30.3 Å². The Labute approximate surface area is 119 Å². The van der Waals surface area contributed by atoms with Crippen LogP contribution in [0.25, 0.3) is 0 Å². The number of carbonyl (C=O) groups excluding carboxylic acids is 1. The molecule has 0 bridgehead atoms. The van der Waals surface area contributed by atoms with Crippen LogP contribution in [0, 0.1) is 20.8 Å². The van der Waals surface area contributed by atoms with Crippen LogP contribution in [0.4, 0.5) is 5.69 Å². The van der Waals surface area contributed by atoms with Crippen LogP contribution in [-0.4, -0.2) is 12.9 Å². The molecule has 0 atom stereocenters. The van der Waals surface area contributed by atoms with Gasteiger partial charge in [-0.1, -0.05) is 0 Å². The van der Waals surface area contributed by atoms with Crippen molar-refractivity contribution in [1.82, 2.24) is 0 Å². The predicted molar refractivity (Wildman–Crippen MR) is 81.5 cm³/mol. The Kier molecular flexibility index (Phi) is 3.79. The van der Waals surface area contributed by atoms with E-state index in [0.717, 1.165) is 22.4 Å². The van der Waals surface area contributed by atoms with Crippen LogP contribution in [0.3, 0.4) is 0 Å². The minimum atomic E-state index is -0.0192. The smallest absolute Gasteiger partial charge is 0.193 e. The average molecular weight is 269 g/mol. The number of ketones is 1. The molecule has 20 heavy (non-hydrogen) atoms. The maximum Gasteiger partial charge on any atom is 0.193 e. The van der Waals surface area contributed by atoms with Gasteiger partial charge in [0.05, 0.1) is 7.11 Å². The van der Waals surface area contributed by atoms with Crippen molar-refractivity contribution in [3.63, 3.8) is 0 Å². The summed E-state index contributed by atoms with van der Waals surface area (Å²) in [6.07, 6.45) is 0. The van der Waals surface area contributed by atoms with Crippen LogP contribution >= 0.6 is 0 Å². The van der Waals surface area contributed by atoms with E-state index in [-0.39, 0.29) is 5.78 Å². The van der Waals surface area contributed by atoms with Crippen LogP contribution in [-0.2, 0) is 0 Å². The van der Waals surface area contributed by atoms with Crippen molar-refractivity contribution in [1.29, 1.82) is 0 Å². The van der Waals surface area contributed by atoms with Gasteiger partial charge < -0.3 is 10.5 Å². The monoisotopic (exact) mass is 269 g/mol. The fourth-order valence-electron chi connectivity index (χ4n) is 2.51. The number of methoxy groups -OCH3 is 1. The molecule has 104 valence electrons. The van der Waals surface area contributed by atoms with Gasteiger partial charge in [-0.25, -0.2) is 0 Å². The third kappa shape index (κ3) is 2.67. The number of carbonyl (C=O) groups is 1. The normalized spacial score (nSPS) is 10.4. The molecule has 2 N–H and O–H groups in total. The molecule has 0 aromatic heterocycles. The van der Waals surface area contributed by atoms with Crippen LogP contribution in [0.5, 0.6) is 5.75 Å². The van der Waals surface area contributed by atoms with E-state index in [2.05, 4.69) is 0 Å². The summed E-state index contributed by atoms with van der Waals surface area (Å²) in [7, 11) is 1.64. The summed E-state index contributed by atoms with van der Waals surface area (Å²) in [5.41, 5.74) is 10.6. The molecule has 0 unspecified atom stereocenters. The molecule has 0 fully saturated rings. The lowest BCUT2D eigenvalue weighted by Crippen LogP contribution is -2.05. The molecular formula is C17H19NO2. The topological polar surface area (TPSA) is 52.3 Å².